The molecule has 2 unspecified atom stereocenters. The van der Waals surface area contributed by atoms with Gasteiger partial charge in [-0.25, -0.2) is 24.3 Å². The highest BCUT2D eigenvalue weighted by molar-refractivity contribution is 7.82. The van der Waals surface area contributed by atoms with Gasteiger partial charge in [-0.2, -0.15) is 0 Å². The minimum Gasteiger partial charge on any atom is -0.394 e. The van der Waals surface area contributed by atoms with Crippen molar-refractivity contribution < 1.29 is 24.3 Å². The van der Waals surface area contributed by atoms with Crippen LogP contribution in [0.15, 0.2) is 17.7 Å². The SMILES string of the molecule is NS(=O)c1ncnc2c1ncn2C1O[C@H](CO)[C@@H](O)[C@H]1O. The van der Waals surface area contributed by atoms with Crippen molar-refractivity contribution in [2.45, 2.75) is 29.6 Å². The predicted molar refractivity (Wildman–Crippen MR) is 68.9 cm³/mol. The summed E-state index contributed by atoms with van der Waals surface area (Å²) in [7, 11) is -1.84. The molecule has 114 valence electrons. The van der Waals surface area contributed by atoms with Crippen LogP contribution in [0.25, 0.3) is 11.2 Å². The number of hydrogen-bond acceptors (Lipinski definition) is 8. The maximum Gasteiger partial charge on any atom is 0.173 e. The first-order chi connectivity index (χ1) is 10.0. The Balaban J connectivity index is 2.06. The average molecular weight is 315 g/mol. The molecule has 5 N–H and O–H groups in total. The summed E-state index contributed by atoms with van der Waals surface area (Å²) in [6.07, 6.45) is -1.90. The fourth-order valence-electron chi connectivity index (χ4n) is 2.27. The van der Waals surface area contributed by atoms with E-state index < -0.39 is 42.1 Å². The standard InChI is InChI=1S/C10H13N5O5S/c11-21(19)9-5-8(12-2-13-9)15(3-14-5)10-7(18)6(17)4(1-16)20-10/h2-4,6-7,10,16-18H,1,11H2/t4-,6-,7-,10?,21?/m1/s1. The molecule has 10 nitrogen and oxygen atoms in total. The lowest BCUT2D eigenvalue weighted by atomic mass is 10.1. The van der Waals surface area contributed by atoms with Crippen LogP contribution in [0.4, 0.5) is 0 Å². The Kier molecular flexibility index (Phi) is 3.69. The van der Waals surface area contributed by atoms with Gasteiger partial charge in [-0.1, -0.05) is 0 Å². The molecule has 0 amide bonds. The Bertz CT molecular complexity index is 694. The average Bonchev–Trinajstić information content (AvgIpc) is 3.01. The van der Waals surface area contributed by atoms with Gasteiger partial charge in [0.2, 0.25) is 0 Å². The van der Waals surface area contributed by atoms with Crippen molar-refractivity contribution in [3.05, 3.63) is 12.7 Å². The van der Waals surface area contributed by atoms with E-state index in [1.807, 2.05) is 0 Å². The molecule has 0 radical (unpaired) electrons. The summed E-state index contributed by atoms with van der Waals surface area (Å²) in [5, 5.41) is 34.2. The molecule has 21 heavy (non-hydrogen) atoms. The van der Waals surface area contributed by atoms with Gasteiger partial charge < -0.3 is 20.1 Å². The van der Waals surface area contributed by atoms with Gasteiger partial charge in [-0.3, -0.25) is 4.57 Å². The van der Waals surface area contributed by atoms with Gasteiger partial charge in [-0.15, -0.1) is 0 Å². The molecular weight excluding hydrogens is 302 g/mol. The monoisotopic (exact) mass is 315 g/mol. The van der Waals surface area contributed by atoms with Crippen molar-refractivity contribution in [2.24, 2.45) is 5.14 Å². The summed E-state index contributed by atoms with van der Waals surface area (Å²) in [5.41, 5.74) is 0.477. The number of aliphatic hydroxyl groups excluding tert-OH is 3. The second kappa shape index (κ2) is 5.36. The van der Waals surface area contributed by atoms with Crippen molar-refractivity contribution in [1.82, 2.24) is 19.5 Å². The predicted octanol–water partition coefficient (Wildman–Crippen LogP) is -2.58. The lowest BCUT2D eigenvalue weighted by Gasteiger charge is -2.16. The second-order valence-electron chi connectivity index (χ2n) is 4.53. The van der Waals surface area contributed by atoms with Crippen LogP contribution < -0.4 is 5.14 Å². The lowest BCUT2D eigenvalue weighted by Crippen LogP contribution is -2.33. The molecular formula is C10H13N5O5S. The van der Waals surface area contributed by atoms with E-state index in [0.717, 1.165) is 0 Å². The van der Waals surface area contributed by atoms with Crippen LogP contribution in [0.2, 0.25) is 0 Å². The van der Waals surface area contributed by atoms with Crippen molar-refractivity contribution in [3.63, 3.8) is 0 Å². The highest BCUT2D eigenvalue weighted by Gasteiger charge is 2.44. The zero-order valence-electron chi connectivity index (χ0n) is 10.6. The Hall–Kier alpha value is -1.50. The third kappa shape index (κ3) is 2.23. The van der Waals surface area contributed by atoms with E-state index in [9.17, 15) is 14.4 Å². The van der Waals surface area contributed by atoms with Gasteiger partial charge in [0.05, 0.1) is 12.9 Å². The minimum atomic E-state index is -1.84. The molecule has 0 aromatic carbocycles. The molecule has 1 aliphatic rings. The number of hydrogen-bond donors (Lipinski definition) is 4. The first-order valence-corrected chi connectivity index (χ1v) is 7.22. The Morgan fingerprint density at radius 1 is 1.33 bits per heavy atom. The molecule has 3 rings (SSSR count). The quantitative estimate of drug-likeness (QED) is 0.450. The fourth-order valence-corrected chi connectivity index (χ4v) is 2.76. The van der Waals surface area contributed by atoms with Crippen LogP contribution in [0.5, 0.6) is 0 Å². The second-order valence-corrected chi connectivity index (χ2v) is 5.51. The normalized spacial score (nSPS) is 30.9. The van der Waals surface area contributed by atoms with Gasteiger partial charge in [-0.05, 0) is 0 Å². The van der Waals surface area contributed by atoms with Gasteiger partial charge in [0.25, 0.3) is 0 Å². The third-order valence-electron chi connectivity index (χ3n) is 3.31. The van der Waals surface area contributed by atoms with E-state index in [1.54, 1.807) is 0 Å². The molecule has 1 fully saturated rings. The summed E-state index contributed by atoms with van der Waals surface area (Å²) >= 11 is 0. The molecule has 5 atom stereocenters. The first kappa shape index (κ1) is 14.4. The molecule has 1 aliphatic heterocycles. The number of aliphatic hydroxyl groups is 3. The van der Waals surface area contributed by atoms with Crippen LogP contribution in [-0.4, -0.2) is 64.0 Å². The lowest BCUT2D eigenvalue weighted by molar-refractivity contribution is -0.0511. The fraction of sp³-hybridized carbons (Fsp3) is 0.500. The van der Waals surface area contributed by atoms with Crippen molar-refractivity contribution >= 4 is 22.1 Å². The van der Waals surface area contributed by atoms with Gasteiger partial charge in [0.1, 0.15) is 41.1 Å². The molecule has 1 saturated heterocycles. The number of fused-ring (bicyclic) bond motifs is 1. The van der Waals surface area contributed by atoms with Crippen LogP contribution in [0, 0.1) is 0 Å². The molecule has 2 aromatic heterocycles. The van der Waals surface area contributed by atoms with E-state index in [-0.39, 0.29) is 16.2 Å². The van der Waals surface area contributed by atoms with E-state index in [4.69, 9.17) is 15.0 Å². The Labute approximate surface area is 120 Å². The molecule has 0 saturated carbocycles. The van der Waals surface area contributed by atoms with Gasteiger partial charge in [0, 0.05) is 0 Å². The van der Waals surface area contributed by atoms with Crippen molar-refractivity contribution in [1.29, 1.82) is 0 Å². The molecule has 0 spiro atoms. The number of ether oxygens (including phenoxy) is 1. The Morgan fingerprint density at radius 3 is 2.71 bits per heavy atom. The summed E-state index contributed by atoms with van der Waals surface area (Å²) in [4.78, 5) is 11.8. The largest absolute Gasteiger partial charge is 0.394 e. The highest BCUT2D eigenvalue weighted by Crippen LogP contribution is 2.31. The summed E-state index contributed by atoms with van der Waals surface area (Å²) in [5.74, 6) is 0. The molecule has 0 bridgehead atoms. The van der Waals surface area contributed by atoms with Crippen molar-refractivity contribution in [2.75, 3.05) is 6.61 Å². The van der Waals surface area contributed by atoms with E-state index in [1.165, 1.54) is 17.2 Å². The maximum atomic E-state index is 11.4. The third-order valence-corrected chi connectivity index (χ3v) is 3.99. The smallest absolute Gasteiger partial charge is 0.173 e. The molecule has 11 heteroatoms. The van der Waals surface area contributed by atoms with Crippen LogP contribution in [-0.2, 0) is 15.7 Å². The molecule has 0 aliphatic carbocycles. The number of nitrogens with two attached hydrogens (primary N) is 1. The van der Waals surface area contributed by atoms with E-state index in [2.05, 4.69) is 15.0 Å². The van der Waals surface area contributed by atoms with Gasteiger partial charge >= 0.3 is 0 Å². The Morgan fingerprint density at radius 2 is 2.10 bits per heavy atom. The van der Waals surface area contributed by atoms with Crippen molar-refractivity contribution in [3.8, 4) is 0 Å². The molecule has 2 aromatic rings. The zero-order chi connectivity index (χ0) is 15.1. The topological polar surface area (TPSA) is 157 Å². The highest BCUT2D eigenvalue weighted by atomic mass is 32.2. The van der Waals surface area contributed by atoms with E-state index in [0.29, 0.717) is 0 Å². The minimum absolute atomic E-state index is 0.0606. The van der Waals surface area contributed by atoms with Gasteiger partial charge in [0.15, 0.2) is 16.9 Å². The summed E-state index contributed by atoms with van der Waals surface area (Å²) in [6, 6.07) is 0. The summed E-state index contributed by atoms with van der Waals surface area (Å²) < 4.78 is 18.2. The first-order valence-electron chi connectivity index (χ1n) is 6.00. The summed E-state index contributed by atoms with van der Waals surface area (Å²) in [6.45, 7) is -0.436. The number of nitrogens with zero attached hydrogens (tertiary/aromatic N) is 4. The number of rotatable bonds is 3. The maximum absolute atomic E-state index is 11.4. The molecule has 3 heterocycles. The van der Waals surface area contributed by atoms with Crippen LogP contribution in [0.3, 0.4) is 0 Å². The van der Waals surface area contributed by atoms with E-state index >= 15 is 0 Å². The van der Waals surface area contributed by atoms with Crippen LogP contribution >= 0.6 is 0 Å². The van der Waals surface area contributed by atoms with Crippen LogP contribution in [0.1, 0.15) is 6.23 Å². The number of aromatic nitrogens is 4. The number of imidazole rings is 1. The zero-order valence-corrected chi connectivity index (χ0v) is 11.4.